The third-order valence-corrected chi connectivity index (χ3v) is 0.269. The quantitative estimate of drug-likeness (QED) is 0.212. The molecule has 5 heteroatoms. The second-order valence-electron chi connectivity index (χ2n) is 0.728. The van der Waals surface area contributed by atoms with Gasteiger partial charge in [0.05, 0.1) is 6.61 Å². The van der Waals surface area contributed by atoms with Crippen LogP contribution in [0.2, 0.25) is 0 Å². The van der Waals surface area contributed by atoms with Gasteiger partial charge in [-0.3, -0.25) is 0 Å². The Kier molecular flexibility index (Phi) is 9.40. The Hall–Kier alpha value is -0.0600. The van der Waals surface area contributed by atoms with E-state index in [4.69, 9.17) is 0 Å². The van der Waals surface area contributed by atoms with Gasteiger partial charge in [0.15, 0.2) is 0 Å². The molecule has 0 radical (unpaired) electrons. The minimum Gasteiger partial charge on any atom is -0.542 e. The minimum absolute atomic E-state index is 0. The average Bonchev–Trinajstić information content (AvgIpc) is 1.61. The second kappa shape index (κ2) is 6.94. The molecule has 8 heavy (non-hydrogen) atoms. The molecule has 0 amide bonds. The summed E-state index contributed by atoms with van der Waals surface area (Å²) in [7, 11) is 0. The summed E-state index contributed by atoms with van der Waals surface area (Å²) >= 11 is 0. The number of aldehydes is 1. The number of carboxylic acid groups (broad SMARTS) is 1. The van der Waals surface area contributed by atoms with Gasteiger partial charge in [0.1, 0.15) is 6.29 Å². The molecule has 0 heterocycles. The standard InChI is InChI=1S/C3H4O4.Na/c4-1-2-7-3(5)6;/h1H,2H2,(H,5,6);/q;+1/p-1. The third kappa shape index (κ3) is 9.34. The molecular formula is C3H3NaO4. The molecule has 0 aromatic rings. The van der Waals surface area contributed by atoms with Crippen LogP contribution in [0.15, 0.2) is 0 Å². The molecule has 0 unspecified atom stereocenters. The van der Waals surface area contributed by atoms with Gasteiger partial charge in [-0.15, -0.1) is 0 Å². The number of ether oxygens (including phenoxy) is 1. The Balaban J connectivity index is 0. The summed E-state index contributed by atoms with van der Waals surface area (Å²) in [6.45, 7) is -0.442. The predicted molar refractivity (Wildman–Crippen MR) is 17.4 cm³/mol. The maximum atomic E-state index is 9.29. The average molecular weight is 126 g/mol. The fourth-order valence-electron chi connectivity index (χ4n) is 0.102. The van der Waals surface area contributed by atoms with E-state index in [2.05, 4.69) is 4.74 Å². The summed E-state index contributed by atoms with van der Waals surface area (Å²) in [6.07, 6.45) is -1.34. The van der Waals surface area contributed by atoms with Crippen molar-refractivity contribution in [2.24, 2.45) is 0 Å². The molecule has 0 aromatic carbocycles. The Morgan fingerprint density at radius 1 is 1.75 bits per heavy atom. The van der Waals surface area contributed by atoms with Crippen molar-refractivity contribution in [1.82, 2.24) is 0 Å². The third-order valence-electron chi connectivity index (χ3n) is 0.269. The number of rotatable bonds is 2. The van der Waals surface area contributed by atoms with Crippen molar-refractivity contribution in [3.63, 3.8) is 0 Å². The maximum Gasteiger partial charge on any atom is 1.00 e. The summed E-state index contributed by atoms with van der Waals surface area (Å²) in [6, 6.07) is 0. The van der Waals surface area contributed by atoms with Crippen LogP contribution in [-0.2, 0) is 9.53 Å². The topological polar surface area (TPSA) is 66.4 Å². The Morgan fingerprint density at radius 3 is 2.38 bits per heavy atom. The van der Waals surface area contributed by atoms with Crippen molar-refractivity contribution < 1.29 is 49.0 Å². The zero-order valence-electron chi connectivity index (χ0n) is 4.42. The van der Waals surface area contributed by atoms with Gasteiger partial charge in [-0.05, 0) is 0 Å². The molecule has 0 atom stereocenters. The molecule has 0 aliphatic heterocycles. The number of hydrogen-bond donors (Lipinski definition) is 0. The van der Waals surface area contributed by atoms with Gasteiger partial charge < -0.3 is 19.4 Å². The molecule has 0 saturated heterocycles. The van der Waals surface area contributed by atoms with Gasteiger partial charge in [0.2, 0.25) is 0 Å². The summed E-state index contributed by atoms with van der Waals surface area (Å²) in [5.74, 6) is 0. The maximum absolute atomic E-state index is 9.29. The van der Waals surface area contributed by atoms with Crippen LogP contribution in [0.4, 0.5) is 4.79 Å². The molecular weight excluding hydrogens is 123 g/mol. The molecule has 0 fully saturated rings. The van der Waals surface area contributed by atoms with E-state index in [9.17, 15) is 14.7 Å². The fraction of sp³-hybridized carbons (Fsp3) is 0.333. The zero-order chi connectivity index (χ0) is 5.70. The molecule has 0 aromatic heterocycles. The molecule has 0 rings (SSSR count). The van der Waals surface area contributed by atoms with E-state index < -0.39 is 12.8 Å². The normalized spacial score (nSPS) is 6.50. The first-order valence-corrected chi connectivity index (χ1v) is 1.54. The zero-order valence-corrected chi connectivity index (χ0v) is 6.42. The van der Waals surface area contributed by atoms with Crippen LogP contribution in [0.3, 0.4) is 0 Å². The van der Waals surface area contributed by atoms with Crippen LogP contribution in [0, 0.1) is 0 Å². The van der Waals surface area contributed by atoms with E-state index in [0.29, 0.717) is 6.29 Å². The second-order valence-corrected chi connectivity index (χ2v) is 0.728. The van der Waals surface area contributed by atoms with Crippen molar-refractivity contribution in [3.05, 3.63) is 0 Å². The monoisotopic (exact) mass is 126 g/mol. The SMILES string of the molecule is O=CCOC(=O)[O-].[Na+]. The van der Waals surface area contributed by atoms with Gasteiger partial charge in [-0.25, -0.2) is 0 Å². The van der Waals surface area contributed by atoms with E-state index in [1.807, 2.05) is 0 Å². The first kappa shape index (κ1) is 10.8. The summed E-state index contributed by atoms with van der Waals surface area (Å²) < 4.78 is 3.63. The van der Waals surface area contributed by atoms with Crippen LogP contribution in [-0.4, -0.2) is 19.0 Å². The smallest absolute Gasteiger partial charge is 0.542 e. The molecule has 0 bridgehead atoms. The van der Waals surface area contributed by atoms with E-state index >= 15 is 0 Å². The van der Waals surface area contributed by atoms with E-state index in [1.54, 1.807) is 0 Å². The van der Waals surface area contributed by atoms with E-state index in [-0.39, 0.29) is 29.6 Å². The molecule has 0 aliphatic carbocycles. The number of hydrogen-bond acceptors (Lipinski definition) is 4. The van der Waals surface area contributed by atoms with Gasteiger partial charge in [-0.1, -0.05) is 0 Å². The Bertz CT molecular complexity index is 81.4. The van der Waals surface area contributed by atoms with Crippen molar-refractivity contribution in [2.45, 2.75) is 0 Å². The van der Waals surface area contributed by atoms with Crippen molar-refractivity contribution in [1.29, 1.82) is 0 Å². The van der Waals surface area contributed by atoms with Crippen LogP contribution < -0.4 is 34.7 Å². The van der Waals surface area contributed by atoms with Gasteiger partial charge in [0.25, 0.3) is 6.16 Å². The number of carbonyl (C=O) groups is 2. The molecule has 0 aliphatic rings. The predicted octanol–water partition coefficient (Wildman–Crippen LogP) is -4.45. The van der Waals surface area contributed by atoms with Crippen molar-refractivity contribution in [2.75, 3.05) is 6.61 Å². The minimum atomic E-state index is -1.67. The molecule has 0 saturated carbocycles. The molecule has 0 N–H and O–H groups in total. The molecule has 4 nitrogen and oxygen atoms in total. The largest absolute Gasteiger partial charge is 1.00 e. The Labute approximate surface area is 68.1 Å². The van der Waals surface area contributed by atoms with Crippen molar-refractivity contribution >= 4 is 12.4 Å². The molecule has 40 valence electrons. The number of carbonyl (C=O) groups excluding carboxylic acids is 2. The Morgan fingerprint density at radius 2 is 2.25 bits per heavy atom. The van der Waals surface area contributed by atoms with E-state index in [1.165, 1.54) is 0 Å². The van der Waals surface area contributed by atoms with Crippen LogP contribution in [0.25, 0.3) is 0 Å². The van der Waals surface area contributed by atoms with Crippen LogP contribution in [0.5, 0.6) is 0 Å². The van der Waals surface area contributed by atoms with Gasteiger partial charge >= 0.3 is 29.6 Å². The molecule has 0 spiro atoms. The van der Waals surface area contributed by atoms with Crippen molar-refractivity contribution in [3.8, 4) is 0 Å². The summed E-state index contributed by atoms with van der Waals surface area (Å²) in [5.41, 5.74) is 0. The van der Waals surface area contributed by atoms with Gasteiger partial charge in [0, 0.05) is 0 Å². The van der Waals surface area contributed by atoms with Gasteiger partial charge in [-0.2, -0.15) is 0 Å². The first-order valence-electron chi connectivity index (χ1n) is 1.54. The van der Waals surface area contributed by atoms with Crippen LogP contribution >= 0.6 is 0 Å². The van der Waals surface area contributed by atoms with E-state index in [0.717, 1.165) is 0 Å². The summed E-state index contributed by atoms with van der Waals surface area (Å²) in [4.78, 5) is 18.6. The fourth-order valence-corrected chi connectivity index (χ4v) is 0.102. The summed E-state index contributed by atoms with van der Waals surface area (Å²) in [5, 5.41) is 9.27. The first-order chi connectivity index (χ1) is 3.27. The van der Waals surface area contributed by atoms with Crippen LogP contribution in [0.1, 0.15) is 0 Å².